The zero-order valence-electron chi connectivity index (χ0n) is 23.0. The molecular formula is C25H26N6O12S. The van der Waals surface area contributed by atoms with E-state index in [-0.39, 0.29) is 22.5 Å². The first-order chi connectivity index (χ1) is 20.7. The fourth-order valence-electron chi connectivity index (χ4n) is 3.84. The molecule has 1 aromatic carbocycles. The van der Waals surface area contributed by atoms with Crippen LogP contribution < -0.4 is 16.4 Å². The van der Waals surface area contributed by atoms with Gasteiger partial charge < -0.3 is 40.9 Å². The highest BCUT2D eigenvalue weighted by Gasteiger charge is 2.62. The molecule has 0 spiro atoms. The summed E-state index contributed by atoms with van der Waals surface area (Å²) >= 11 is 0.941. The second kappa shape index (κ2) is 12.5. The van der Waals surface area contributed by atoms with Crippen LogP contribution in [-0.2, 0) is 49.7 Å². The van der Waals surface area contributed by atoms with Crippen molar-refractivity contribution in [3.05, 3.63) is 47.0 Å². The number of hydrogen-bond donors (Lipinski definition) is 5. The number of cyclic esters (lactones) is 1. The topological polar surface area (TPSA) is 258 Å². The summed E-state index contributed by atoms with van der Waals surface area (Å²) in [5.74, 6) is -6.56. The lowest BCUT2D eigenvalue weighted by Crippen LogP contribution is -2.57. The number of hydroxylamine groups is 2. The van der Waals surface area contributed by atoms with Crippen LogP contribution in [0.4, 0.5) is 9.93 Å². The van der Waals surface area contributed by atoms with Crippen molar-refractivity contribution in [1.29, 1.82) is 0 Å². The van der Waals surface area contributed by atoms with Crippen LogP contribution in [-0.4, -0.2) is 91.8 Å². The molecule has 2 aromatic rings. The molecule has 2 saturated heterocycles. The molecule has 19 heteroatoms. The van der Waals surface area contributed by atoms with E-state index in [1.54, 1.807) is 30.3 Å². The smallest absolute Gasteiger partial charge is 0.408 e. The average Bonchev–Trinajstić information content (AvgIpc) is 3.65. The average molecular weight is 635 g/mol. The van der Waals surface area contributed by atoms with Crippen molar-refractivity contribution >= 4 is 58.0 Å². The van der Waals surface area contributed by atoms with Gasteiger partial charge in [0.05, 0.1) is 6.42 Å². The number of carbonyl (C=O) groups is 6. The van der Waals surface area contributed by atoms with Gasteiger partial charge in [0.2, 0.25) is 5.60 Å². The van der Waals surface area contributed by atoms with E-state index in [4.69, 9.17) is 24.9 Å². The number of oxime groups is 1. The van der Waals surface area contributed by atoms with E-state index >= 15 is 0 Å². The number of thiazole rings is 1. The Kier molecular flexibility index (Phi) is 9.00. The Morgan fingerprint density at radius 1 is 1.18 bits per heavy atom. The van der Waals surface area contributed by atoms with Crippen LogP contribution in [0.2, 0.25) is 0 Å². The van der Waals surface area contributed by atoms with E-state index in [9.17, 15) is 39.0 Å². The fourth-order valence-corrected chi connectivity index (χ4v) is 4.38. The molecule has 2 fully saturated rings. The van der Waals surface area contributed by atoms with Crippen LogP contribution in [0.1, 0.15) is 31.5 Å². The van der Waals surface area contributed by atoms with E-state index in [0.717, 1.165) is 11.3 Å². The van der Waals surface area contributed by atoms with Gasteiger partial charge in [-0.05, 0) is 19.4 Å². The Labute approximate surface area is 251 Å². The summed E-state index contributed by atoms with van der Waals surface area (Å²) in [4.78, 5) is 89.1. The Bertz CT molecular complexity index is 1510. The highest BCUT2D eigenvalue weighted by atomic mass is 32.1. The summed E-state index contributed by atoms with van der Waals surface area (Å²) < 4.78 is 10.1. The molecule has 1 aromatic heterocycles. The summed E-state index contributed by atoms with van der Waals surface area (Å²) in [7, 11) is 0. The predicted molar refractivity (Wildman–Crippen MR) is 145 cm³/mol. The minimum atomic E-state index is -2.69. The minimum absolute atomic E-state index is 0.0445. The molecular weight excluding hydrogens is 608 g/mol. The van der Waals surface area contributed by atoms with Gasteiger partial charge in [-0.3, -0.25) is 14.4 Å². The first-order valence-electron chi connectivity index (χ1n) is 12.7. The Morgan fingerprint density at radius 3 is 2.50 bits per heavy atom. The summed E-state index contributed by atoms with van der Waals surface area (Å²) in [5, 5.41) is 29.0. The van der Waals surface area contributed by atoms with E-state index in [1.165, 1.54) is 19.2 Å². The van der Waals surface area contributed by atoms with Crippen molar-refractivity contribution in [2.24, 2.45) is 5.16 Å². The third kappa shape index (κ3) is 6.68. The van der Waals surface area contributed by atoms with Gasteiger partial charge in [0, 0.05) is 5.38 Å². The van der Waals surface area contributed by atoms with Crippen molar-refractivity contribution in [2.45, 2.75) is 50.3 Å². The van der Waals surface area contributed by atoms with E-state index in [2.05, 4.69) is 20.8 Å². The predicted octanol–water partition coefficient (Wildman–Crippen LogP) is -0.409. The maximum Gasteiger partial charge on any atom is 0.408 e. The second-order valence-electron chi connectivity index (χ2n) is 9.85. The zero-order chi connectivity index (χ0) is 32.2. The quantitative estimate of drug-likeness (QED) is 0.120. The number of nitrogens with zero attached hydrogens (tertiary/aromatic N) is 3. The molecule has 3 heterocycles. The molecule has 3 amide bonds. The van der Waals surface area contributed by atoms with Crippen LogP contribution in [0.5, 0.6) is 0 Å². The van der Waals surface area contributed by atoms with Gasteiger partial charge in [-0.2, -0.15) is 5.06 Å². The summed E-state index contributed by atoms with van der Waals surface area (Å²) in [6.07, 6.45) is -1.80. The van der Waals surface area contributed by atoms with Gasteiger partial charge >= 0.3 is 29.7 Å². The molecule has 4 rings (SSSR count). The number of carboxylic acid groups (broad SMARTS) is 2. The molecule has 234 valence electrons. The molecule has 0 bridgehead atoms. The number of hydrogen-bond acceptors (Lipinski definition) is 14. The monoisotopic (exact) mass is 634 g/mol. The number of esters is 1. The highest BCUT2D eigenvalue weighted by molar-refractivity contribution is 7.13. The summed E-state index contributed by atoms with van der Waals surface area (Å²) in [6.45, 7) is 1.62. The van der Waals surface area contributed by atoms with Crippen molar-refractivity contribution < 1.29 is 58.1 Å². The standard InChI is InChI=1S/C25H26N6O12S/c1-24(2,20(35)36)43-30-16(15-11-44-22(26)28-15)17(32)27-14-10-41-31(18(14)33)25(21(37)38)8-13(19(34)42-25)29-23(39)40-9-12-6-4-3-5-7-12/h3-7,11,13-14H,8-10H2,1-2H3,(H2,26,28)(H,27,32)(H,29,39)(H,35,36)(H,37,38)/b30-16-/t13?,14-,25?/m0/s1. The first kappa shape index (κ1) is 31.6. The molecule has 2 aliphatic heterocycles. The number of anilines is 1. The van der Waals surface area contributed by atoms with Crippen LogP contribution in [0.25, 0.3) is 0 Å². The van der Waals surface area contributed by atoms with Crippen molar-refractivity contribution in [2.75, 3.05) is 12.3 Å². The number of nitrogens with one attached hydrogen (secondary N) is 2. The largest absolute Gasteiger partial charge is 0.478 e. The maximum atomic E-state index is 13.2. The number of benzene rings is 1. The number of carbonyl (C=O) groups excluding carboxylic acids is 4. The molecule has 18 nitrogen and oxygen atoms in total. The molecule has 0 radical (unpaired) electrons. The lowest BCUT2D eigenvalue weighted by atomic mass is 10.1. The Hall–Kier alpha value is -5.30. The van der Waals surface area contributed by atoms with Gasteiger partial charge in [0.25, 0.3) is 11.8 Å². The molecule has 0 saturated carbocycles. The number of ether oxygens (including phenoxy) is 2. The Morgan fingerprint density at radius 2 is 1.89 bits per heavy atom. The zero-order valence-corrected chi connectivity index (χ0v) is 23.9. The number of nitrogens with two attached hydrogens (primary N) is 1. The molecule has 0 aliphatic carbocycles. The fraction of sp³-hybridized carbons (Fsp3) is 0.360. The lowest BCUT2D eigenvalue weighted by molar-refractivity contribution is -0.256. The third-order valence-corrected chi connectivity index (χ3v) is 6.91. The van der Waals surface area contributed by atoms with Gasteiger partial charge in [-0.1, -0.05) is 35.5 Å². The molecule has 2 aliphatic rings. The first-order valence-corrected chi connectivity index (χ1v) is 13.5. The minimum Gasteiger partial charge on any atom is -0.478 e. The van der Waals surface area contributed by atoms with Gasteiger partial charge in [-0.25, -0.2) is 24.2 Å². The van der Waals surface area contributed by atoms with Crippen LogP contribution in [0.3, 0.4) is 0 Å². The molecule has 3 atom stereocenters. The lowest BCUT2D eigenvalue weighted by Gasteiger charge is -2.30. The van der Waals surface area contributed by atoms with Crippen molar-refractivity contribution in [3.63, 3.8) is 0 Å². The third-order valence-electron chi connectivity index (χ3n) is 6.24. The van der Waals surface area contributed by atoms with Gasteiger partial charge in [-0.15, -0.1) is 11.3 Å². The van der Waals surface area contributed by atoms with Crippen LogP contribution in [0.15, 0.2) is 40.9 Å². The highest BCUT2D eigenvalue weighted by Crippen LogP contribution is 2.34. The van der Waals surface area contributed by atoms with E-state index in [1.807, 2.05) is 0 Å². The maximum absolute atomic E-state index is 13.2. The van der Waals surface area contributed by atoms with Gasteiger partial charge in [0.15, 0.2) is 10.8 Å². The Balaban J connectivity index is 1.45. The molecule has 6 N–H and O–H groups in total. The number of aromatic nitrogens is 1. The van der Waals surface area contributed by atoms with E-state index in [0.29, 0.717) is 5.56 Å². The van der Waals surface area contributed by atoms with Crippen LogP contribution >= 0.6 is 11.3 Å². The van der Waals surface area contributed by atoms with Crippen molar-refractivity contribution in [1.82, 2.24) is 20.7 Å². The van der Waals surface area contributed by atoms with Crippen LogP contribution in [0, 0.1) is 0 Å². The number of aliphatic carboxylic acids is 2. The molecule has 44 heavy (non-hydrogen) atoms. The number of alkyl carbamates (subject to hydrolysis) is 1. The second-order valence-corrected chi connectivity index (χ2v) is 10.7. The number of carboxylic acids is 2. The number of rotatable bonds is 11. The molecule has 2 unspecified atom stereocenters. The number of amides is 3. The van der Waals surface area contributed by atoms with Crippen molar-refractivity contribution in [3.8, 4) is 0 Å². The normalized spacial score (nSPS) is 21.9. The number of nitrogen functional groups attached to an aromatic ring is 1. The van der Waals surface area contributed by atoms with E-state index < -0.39 is 78.0 Å². The summed E-state index contributed by atoms with van der Waals surface area (Å²) in [5.41, 5.74) is 1.10. The van der Waals surface area contributed by atoms with Gasteiger partial charge in [0.1, 0.15) is 31.0 Å². The summed E-state index contributed by atoms with van der Waals surface area (Å²) in [6, 6.07) is 5.57. The SMILES string of the molecule is CC(C)(O/N=C(\C(=O)N[C@H]1CON(C2(C(=O)O)CC(NC(=O)OCc3ccccc3)C(=O)O2)C1=O)c1csc(N)n1)C(=O)O.